The van der Waals surface area contributed by atoms with Crippen LogP contribution >= 0.6 is 11.6 Å². The highest BCUT2D eigenvalue weighted by atomic mass is 35.5. The first kappa shape index (κ1) is 15.3. The maximum Gasteiger partial charge on any atom is 0.307 e. The Morgan fingerprint density at radius 1 is 1.50 bits per heavy atom. The molecule has 110 valence electrons. The smallest absolute Gasteiger partial charge is 0.307 e. The lowest BCUT2D eigenvalue weighted by Crippen LogP contribution is -2.27. The molecule has 2 atom stereocenters. The number of aliphatic carboxylic acids is 1. The third kappa shape index (κ3) is 3.49. The molecule has 1 aromatic rings. The predicted octanol–water partition coefficient (Wildman–Crippen LogP) is 2.16. The lowest BCUT2D eigenvalue weighted by atomic mass is 9.86. The Bertz CT molecular complexity index is 629. The topological polar surface area (TPSA) is 71.4 Å². The number of halogens is 2. The molecule has 4 nitrogen and oxygen atoms in total. The molecule has 0 aliphatic carbocycles. The summed E-state index contributed by atoms with van der Waals surface area (Å²) in [5, 5.41) is 9.60. The Labute approximate surface area is 121 Å². The number of sulfone groups is 1. The van der Waals surface area contributed by atoms with E-state index in [0.717, 1.165) is 0 Å². The zero-order valence-electron chi connectivity index (χ0n) is 10.6. The van der Waals surface area contributed by atoms with Crippen molar-refractivity contribution in [2.24, 2.45) is 11.8 Å². The van der Waals surface area contributed by atoms with Gasteiger partial charge in [0.05, 0.1) is 17.4 Å². The molecule has 7 heteroatoms. The van der Waals surface area contributed by atoms with E-state index in [-0.39, 0.29) is 23.5 Å². The van der Waals surface area contributed by atoms with Crippen molar-refractivity contribution in [2.45, 2.75) is 12.8 Å². The van der Waals surface area contributed by atoms with E-state index in [9.17, 15) is 22.7 Å². The van der Waals surface area contributed by atoms with Crippen LogP contribution in [0.1, 0.15) is 12.0 Å². The molecule has 20 heavy (non-hydrogen) atoms. The van der Waals surface area contributed by atoms with Gasteiger partial charge in [0.2, 0.25) is 0 Å². The van der Waals surface area contributed by atoms with Crippen LogP contribution in [0.4, 0.5) is 4.39 Å². The van der Waals surface area contributed by atoms with Crippen LogP contribution in [0.2, 0.25) is 5.02 Å². The van der Waals surface area contributed by atoms with E-state index in [1.54, 1.807) is 0 Å². The van der Waals surface area contributed by atoms with Crippen molar-refractivity contribution >= 4 is 27.4 Å². The fourth-order valence-electron chi connectivity index (χ4n) is 2.53. The first-order chi connectivity index (χ1) is 9.28. The Morgan fingerprint density at radius 3 is 2.75 bits per heavy atom. The molecule has 2 rings (SSSR count). The molecule has 1 saturated heterocycles. The summed E-state index contributed by atoms with van der Waals surface area (Å²) in [6.07, 6.45) is 0.253. The molecule has 0 radical (unpaired) electrons. The largest absolute Gasteiger partial charge is 0.481 e. The molecular weight excluding hydrogens is 307 g/mol. The minimum absolute atomic E-state index is 0.000521. The second-order valence-electron chi connectivity index (χ2n) is 5.05. The number of carboxylic acid groups (broad SMARTS) is 1. The summed E-state index contributed by atoms with van der Waals surface area (Å²) in [5.41, 5.74) is 0.203. The molecule has 1 fully saturated rings. The van der Waals surface area contributed by atoms with Crippen LogP contribution in [0.3, 0.4) is 0 Å². The molecule has 1 aliphatic rings. The Kier molecular flexibility index (Phi) is 4.34. The van der Waals surface area contributed by atoms with Crippen molar-refractivity contribution in [3.05, 3.63) is 34.6 Å². The van der Waals surface area contributed by atoms with Crippen molar-refractivity contribution in [1.29, 1.82) is 0 Å². The maximum absolute atomic E-state index is 13.7. The summed E-state index contributed by atoms with van der Waals surface area (Å²) < 4.78 is 36.6. The molecule has 1 aromatic carbocycles. The maximum atomic E-state index is 13.7. The average Bonchev–Trinajstić information content (AvgIpc) is 2.70. The Morgan fingerprint density at radius 2 is 2.20 bits per heavy atom. The van der Waals surface area contributed by atoms with Gasteiger partial charge >= 0.3 is 5.97 Å². The van der Waals surface area contributed by atoms with Crippen molar-refractivity contribution in [1.82, 2.24) is 0 Å². The Balaban J connectivity index is 2.22. The van der Waals surface area contributed by atoms with Crippen LogP contribution in [0.25, 0.3) is 0 Å². The average molecular weight is 321 g/mol. The van der Waals surface area contributed by atoms with E-state index in [0.29, 0.717) is 11.4 Å². The van der Waals surface area contributed by atoms with Gasteiger partial charge in [-0.2, -0.15) is 0 Å². The summed E-state index contributed by atoms with van der Waals surface area (Å²) in [4.78, 5) is 11.3. The van der Waals surface area contributed by atoms with Crippen molar-refractivity contribution in [2.75, 3.05) is 11.5 Å². The molecule has 1 heterocycles. The number of benzene rings is 1. The standard InChI is InChI=1S/C13H14ClFO4S/c14-10-1-2-12(15)9(5-10)6-11(13(16)17)8-3-4-20(18,19)7-8/h1-2,5,8,11H,3-4,6-7H2,(H,16,17). The number of carbonyl (C=O) groups is 1. The first-order valence-corrected chi connectivity index (χ1v) is 8.35. The SMILES string of the molecule is O=C(O)C(Cc1cc(Cl)ccc1F)C1CCS(=O)(=O)C1. The van der Waals surface area contributed by atoms with Crippen LogP contribution < -0.4 is 0 Å². The van der Waals surface area contributed by atoms with Gasteiger partial charge in [-0.15, -0.1) is 0 Å². The van der Waals surface area contributed by atoms with Crippen molar-refractivity contribution < 1.29 is 22.7 Å². The second-order valence-corrected chi connectivity index (χ2v) is 7.71. The number of hydrogen-bond donors (Lipinski definition) is 1. The zero-order valence-corrected chi connectivity index (χ0v) is 12.1. The third-order valence-corrected chi connectivity index (χ3v) is 5.63. The lowest BCUT2D eigenvalue weighted by Gasteiger charge is -2.18. The minimum Gasteiger partial charge on any atom is -0.481 e. The highest BCUT2D eigenvalue weighted by molar-refractivity contribution is 7.91. The molecule has 0 saturated carbocycles. The van der Waals surface area contributed by atoms with Crippen LogP contribution in [-0.2, 0) is 21.1 Å². The second kappa shape index (κ2) is 5.69. The quantitative estimate of drug-likeness (QED) is 0.922. The van der Waals surface area contributed by atoms with Gasteiger partial charge in [-0.05, 0) is 42.5 Å². The monoisotopic (exact) mass is 320 g/mol. The predicted molar refractivity (Wildman–Crippen MR) is 73.0 cm³/mol. The van der Waals surface area contributed by atoms with E-state index >= 15 is 0 Å². The van der Waals surface area contributed by atoms with E-state index in [1.807, 2.05) is 0 Å². The van der Waals surface area contributed by atoms with Crippen molar-refractivity contribution in [3.8, 4) is 0 Å². The minimum atomic E-state index is -3.17. The van der Waals surface area contributed by atoms with Gasteiger partial charge in [0.25, 0.3) is 0 Å². The van der Waals surface area contributed by atoms with Gasteiger partial charge in [0.15, 0.2) is 9.84 Å². The molecule has 0 spiro atoms. The van der Waals surface area contributed by atoms with Crippen molar-refractivity contribution in [3.63, 3.8) is 0 Å². The molecule has 1 aliphatic heterocycles. The number of hydrogen-bond acceptors (Lipinski definition) is 3. The number of rotatable bonds is 4. The summed E-state index contributed by atoms with van der Waals surface area (Å²) in [5.74, 6) is -3.17. The van der Waals surface area contributed by atoms with Gasteiger partial charge < -0.3 is 5.11 Å². The van der Waals surface area contributed by atoms with Gasteiger partial charge in [-0.25, -0.2) is 12.8 Å². The van der Waals surface area contributed by atoms with E-state index in [2.05, 4.69) is 0 Å². The molecule has 2 unspecified atom stereocenters. The number of carboxylic acids is 1. The first-order valence-electron chi connectivity index (χ1n) is 6.15. The highest BCUT2D eigenvalue weighted by Gasteiger charge is 2.37. The molecule has 1 N–H and O–H groups in total. The van der Waals surface area contributed by atoms with E-state index in [4.69, 9.17) is 11.6 Å². The van der Waals surface area contributed by atoms with Gasteiger partial charge in [-0.1, -0.05) is 11.6 Å². The van der Waals surface area contributed by atoms with Crippen LogP contribution in [-0.4, -0.2) is 31.0 Å². The van der Waals surface area contributed by atoms with Crippen LogP contribution in [0, 0.1) is 17.7 Å². The third-order valence-electron chi connectivity index (χ3n) is 3.60. The summed E-state index contributed by atoms with van der Waals surface area (Å²) >= 11 is 5.77. The van der Waals surface area contributed by atoms with Gasteiger partial charge in [0.1, 0.15) is 5.82 Å². The molecular formula is C13H14ClFO4S. The van der Waals surface area contributed by atoms with Crippen LogP contribution in [0.15, 0.2) is 18.2 Å². The van der Waals surface area contributed by atoms with E-state index < -0.39 is 33.5 Å². The van der Waals surface area contributed by atoms with Crippen LogP contribution in [0.5, 0.6) is 0 Å². The molecule has 0 aromatic heterocycles. The van der Waals surface area contributed by atoms with Gasteiger partial charge in [-0.3, -0.25) is 4.79 Å². The van der Waals surface area contributed by atoms with E-state index in [1.165, 1.54) is 18.2 Å². The summed E-state index contributed by atoms with van der Waals surface area (Å²) in [6, 6.07) is 3.95. The summed E-state index contributed by atoms with van der Waals surface area (Å²) in [6.45, 7) is 0. The zero-order chi connectivity index (χ0) is 14.9. The normalized spacial score (nSPS) is 22.6. The highest BCUT2D eigenvalue weighted by Crippen LogP contribution is 2.30. The summed E-state index contributed by atoms with van der Waals surface area (Å²) in [7, 11) is -3.17. The fraction of sp³-hybridized carbons (Fsp3) is 0.462. The molecule has 0 amide bonds. The molecule has 0 bridgehead atoms. The van der Waals surface area contributed by atoms with Gasteiger partial charge in [0, 0.05) is 5.02 Å². The fourth-order valence-corrected chi connectivity index (χ4v) is 4.61. The Hall–Kier alpha value is -1.14. The lowest BCUT2D eigenvalue weighted by molar-refractivity contribution is -0.143.